The van der Waals surface area contributed by atoms with Gasteiger partial charge in [0.2, 0.25) is 0 Å². The van der Waals surface area contributed by atoms with Crippen LogP contribution in [0.2, 0.25) is 5.02 Å². The largest absolute Gasteiger partial charge is 0.382 e. The molecule has 0 fully saturated rings. The third-order valence-corrected chi connectivity index (χ3v) is 6.01. The molecular weight excluding hydrogens is 447 g/mol. The van der Waals surface area contributed by atoms with E-state index in [2.05, 4.69) is 24.9 Å². The first-order chi connectivity index (χ1) is 14.8. The van der Waals surface area contributed by atoms with E-state index in [9.17, 15) is 12.8 Å². The van der Waals surface area contributed by atoms with Crippen molar-refractivity contribution >= 4 is 44.2 Å². The van der Waals surface area contributed by atoms with Crippen molar-refractivity contribution in [2.24, 2.45) is 0 Å². The molecule has 0 saturated heterocycles. The minimum absolute atomic E-state index is 0.107. The summed E-state index contributed by atoms with van der Waals surface area (Å²) in [4.78, 5) is 8.36. The first-order valence-corrected chi connectivity index (χ1v) is 10.7. The Kier molecular flexibility index (Phi) is 5.48. The number of anilines is 2. The van der Waals surface area contributed by atoms with Gasteiger partial charge in [-0.2, -0.15) is 5.10 Å². The van der Waals surface area contributed by atoms with E-state index < -0.39 is 20.7 Å². The number of fused-ring (bicyclic) bond motifs is 1. The molecule has 0 aliphatic heterocycles. The van der Waals surface area contributed by atoms with E-state index in [-0.39, 0.29) is 23.1 Å². The Morgan fingerprint density at radius 3 is 2.65 bits per heavy atom. The SMILES string of the molecule is COCc1nc(-c2ccc(NS(=O)(=O)c3cc(Cl)ccc3F)cc2)nc2[nH]nc(N)c12. The predicted molar refractivity (Wildman–Crippen MR) is 114 cm³/mol. The van der Waals surface area contributed by atoms with Crippen molar-refractivity contribution in [3.05, 3.63) is 59.0 Å². The second kappa shape index (κ2) is 8.10. The smallest absolute Gasteiger partial charge is 0.264 e. The van der Waals surface area contributed by atoms with Crippen LogP contribution in [-0.4, -0.2) is 35.7 Å². The number of halogens is 2. The van der Waals surface area contributed by atoms with Crippen LogP contribution in [0.1, 0.15) is 5.69 Å². The number of nitrogens with two attached hydrogens (primary N) is 1. The van der Waals surface area contributed by atoms with Crippen molar-refractivity contribution in [2.45, 2.75) is 11.5 Å². The molecule has 160 valence electrons. The molecule has 2 heterocycles. The number of benzene rings is 2. The van der Waals surface area contributed by atoms with Crippen molar-refractivity contribution in [3.63, 3.8) is 0 Å². The molecule has 0 bridgehead atoms. The number of hydrogen-bond donors (Lipinski definition) is 3. The fourth-order valence-corrected chi connectivity index (χ4v) is 4.38. The molecule has 4 N–H and O–H groups in total. The zero-order chi connectivity index (χ0) is 22.2. The van der Waals surface area contributed by atoms with Gasteiger partial charge in [0.25, 0.3) is 10.0 Å². The Hall–Kier alpha value is -3.28. The normalized spacial score (nSPS) is 11.7. The van der Waals surface area contributed by atoms with Crippen LogP contribution in [0.25, 0.3) is 22.4 Å². The van der Waals surface area contributed by atoms with Crippen molar-refractivity contribution in [1.82, 2.24) is 20.2 Å². The third-order valence-electron chi connectivity index (χ3n) is 4.38. The monoisotopic (exact) mass is 462 g/mol. The van der Waals surface area contributed by atoms with Crippen molar-refractivity contribution in [3.8, 4) is 11.4 Å². The van der Waals surface area contributed by atoms with Gasteiger partial charge < -0.3 is 10.5 Å². The lowest BCUT2D eigenvalue weighted by molar-refractivity contribution is 0.183. The number of aromatic nitrogens is 4. The number of hydrogen-bond acceptors (Lipinski definition) is 7. The average Bonchev–Trinajstić information content (AvgIpc) is 3.11. The van der Waals surface area contributed by atoms with Gasteiger partial charge in [0.15, 0.2) is 17.3 Å². The molecule has 0 radical (unpaired) electrons. The fraction of sp³-hybridized carbons (Fsp3) is 0.105. The summed E-state index contributed by atoms with van der Waals surface area (Å²) in [6.07, 6.45) is 0. The van der Waals surface area contributed by atoms with Gasteiger partial charge in [0.1, 0.15) is 10.7 Å². The molecule has 2 aromatic carbocycles. The van der Waals surface area contributed by atoms with E-state index in [1.807, 2.05) is 0 Å². The van der Waals surface area contributed by atoms with E-state index in [0.29, 0.717) is 28.1 Å². The van der Waals surface area contributed by atoms with E-state index in [4.69, 9.17) is 22.1 Å². The van der Waals surface area contributed by atoms with Crippen LogP contribution in [0, 0.1) is 5.82 Å². The average molecular weight is 463 g/mol. The van der Waals surface area contributed by atoms with Crippen LogP contribution < -0.4 is 10.5 Å². The van der Waals surface area contributed by atoms with Gasteiger partial charge in [-0.05, 0) is 42.5 Å². The molecule has 2 aromatic heterocycles. The number of aromatic amines is 1. The summed E-state index contributed by atoms with van der Waals surface area (Å²) < 4.78 is 46.5. The number of sulfonamides is 1. The topological polar surface area (TPSA) is 136 Å². The summed E-state index contributed by atoms with van der Waals surface area (Å²) >= 11 is 5.80. The number of ether oxygens (including phenoxy) is 1. The number of nitrogens with zero attached hydrogens (tertiary/aromatic N) is 3. The van der Waals surface area contributed by atoms with Gasteiger partial charge in [0, 0.05) is 23.4 Å². The Morgan fingerprint density at radius 2 is 1.94 bits per heavy atom. The minimum Gasteiger partial charge on any atom is -0.382 e. The number of H-pyrrole nitrogens is 1. The van der Waals surface area contributed by atoms with Crippen LogP contribution in [0.15, 0.2) is 47.4 Å². The fourth-order valence-electron chi connectivity index (χ4n) is 2.98. The standard InChI is InChI=1S/C19H16ClFN6O3S/c1-30-9-14-16-17(22)25-26-19(16)24-18(23-14)10-2-5-12(6-3-10)27-31(28,29)15-8-11(20)4-7-13(15)21/h2-8,27H,9H2,1H3,(H3,22,23,24,25,26). The molecule has 0 spiro atoms. The van der Waals surface area contributed by atoms with E-state index in [0.717, 1.165) is 12.1 Å². The van der Waals surface area contributed by atoms with Gasteiger partial charge in [-0.1, -0.05) is 11.6 Å². The van der Waals surface area contributed by atoms with Crippen LogP contribution >= 0.6 is 11.6 Å². The molecule has 0 unspecified atom stereocenters. The second-order valence-electron chi connectivity index (χ2n) is 6.52. The maximum absolute atomic E-state index is 14.0. The van der Waals surface area contributed by atoms with Gasteiger partial charge in [-0.25, -0.2) is 22.8 Å². The first-order valence-electron chi connectivity index (χ1n) is 8.86. The maximum atomic E-state index is 14.0. The number of rotatable bonds is 6. The zero-order valence-corrected chi connectivity index (χ0v) is 17.6. The van der Waals surface area contributed by atoms with Crippen LogP contribution in [0.5, 0.6) is 0 Å². The Morgan fingerprint density at radius 1 is 1.19 bits per heavy atom. The molecule has 0 aliphatic rings. The van der Waals surface area contributed by atoms with Crippen LogP contribution in [0.3, 0.4) is 0 Å². The van der Waals surface area contributed by atoms with Gasteiger partial charge >= 0.3 is 0 Å². The van der Waals surface area contributed by atoms with Crippen LogP contribution in [0.4, 0.5) is 15.9 Å². The Bertz CT molecular complexity index is 1380. The summed E-state index contributed by atoms with van der Waals surface area (Å²) in [6.45, 7) is 0.207. The lowest BCUT2D eigenvalue weighted by Gasteiger charge is -2.10. The molecule has 4 rings (SSSR count). The van der Waals surface area contributed by atoms with E-state index in [1.54, 1.807) is 12.1 Å². The lowest BCUT2D eigenvalue weighted by Crippen LogP contribution is -2.14. The highest BCUT2D eigenvalue weighted by atomic mass is 35.5. The highest BCUT2D eigenvalue weighted by molar-refractivity contribution is 7.92. The summed E-state index contributed by atoms with van der Waals surface area (Å²) in [5.74, 6) is -0.259. The molecule has 0 amide bonds. The molecule has 0 atom stereocenters. The van der Waals surface area contributed by atoms with Gasteiger partial charge in [-0.3, -0.25) is 9.82 Å². The van der Waals surface area contributed by atoms with Crippen LogP contribution in [-0.2, 0) is 21.4 Å². The predicted octanol–water partition coefficient (Wildman–Crippen LogP) is 3.34. The summed E-state index contributed by atoms with van der Waals surface area (Å²) in [5.41, 5.74) is 7.73. The number of methoxy groups -OCH3 is 1. The highest BCUT2D eigenvalue weighted by Crippen LogP contribution is 2.27. The molecule has 4 aromatic rings. The van der Waals surface area contributed by atoms with Crippen molar-refractivity contribution in [2.75, 3.05) is 17.6 Å². The summed E-state index contributed by atoms with van der Waals surface area (Å²) in [5, 5.41) is 7.38. The second-order valence-corrected chi connectivity index (χ2v) is 8.60. The van der Waals surface area contributed by atoms with Crippen molar-refractivity contribution in [1.29, 1.82) is 0 Å². The molecule has 12 heteroatoms. The quantitative estimate of drug-likeness (QED) is 0.399. The zero-order valence-electron chi connectivity index (χ0n) is 16.1. The summed E-state index contributed by atoms with van der Waals surface area (Å²) in [7, 11) is -2.63. The number of nitrogens with one attached hydrogen (secondary N) is 2. The molecule has 0 saturated carbocycles. The van der Waals surface area contributed by atoms with Crippen molar-refractivity contribution < 1.29 is 17.5 Å². The molecule has 0 aliphatic carbocycles. The van der Waals surface area contributed by atoms with E-state index >= 15 is 0 Å². The minimum atomic E-state index is -4.17. The third kappa shape index (κ3) is 4.15. The molecular formula is C19H16ClFN6O3S. The molecule has 31 heavy (non-hydrogen) atoms. The van der Waals surface area contributed by atoms with Gasteiger partial charge in [-0.15, -0.1) is 0 Å². The highest BCUT2D eigenvalue weighted by Gasteiger charge is 2.20. The van der Waals surface area contributed by atoms with E-state index in [1.165, 1.54) is 25.3 Å². The first kappa shape index (κ1) is 21.0. The number of nitrogen functional groups attached to an aromatic ring is 1. The summed E-state index contributed by atoms with van der Waals surface area (Å²) in [6, 6.07) is 9.60. The Labute approximate surface area is 181 Å². The Balaban J connectivity index is 1.65. The molecule has 9 nitrogen and oxygen atoms in total. The van der Waals surface area contributed by atoms with Gasteiger partial charge in [0.05, 0.1) is 17.7 Å². The lowest BCUT2D eigenvalue weighted by atomic mass is 10.2. The maximum Gasteiger partial charge on any atom is 0.264 e.